The van der Waals surface area contributed by atoms with E-state index in [1.165, 1.54) is 31.7 Å². The normalized spacial score (nSPS) is 20.9. The van der Waals surface area contributed by atoms with E-state index in [0.717, 1.165) is 37.9 Å². The van der Waals surface area contributed by atoms with Crippen LogP contribution in [0.2, 0.25) is 0 Å². The van der Waals surface area contributed by atoms with E-state index in [1.54, 1.807) is 6.07 Å². The maximum absolute atomic E-state index is 13.9. The fourth-order valence-corrected chi connectivity index (χ4v) is 3.64. The van der Waals surface area contributed by atoms with Crippen molar-refractivity contribution in [2.75, 3.05) is 31.1 Å². The molecule has 1 aromatic carbocycles. The van der Waals surface area contributed by atoms with Gasteiger partial charge in [0.15, 0.2) is 0 Å². The summed E-state index contributed by atoms with van der Waals surface area (Å²) < 4.78 is 13.9. The largest absolute Gasteiger partial charge is 0.384 e. The number of nitrogens with zero attached hydrogens (tertiary/aromatic N) is 2. The first-order valence-corrected chi connectivity index (χ1v) is 7.78. The van der Waals surface area contributed by atoms with E-state index in [1.807, 2.05) is 6.07 Å². The van der Waals surface area contributed by atoms with Crippen molar-refractivity contribution in [3.8, 4) is 0 Å². The molecule has 114 valence electrons. The summed E-state index contributed by atoms with van der Waals surface area (Å²) in [7, 11) is 0. The lowest BCUT2D eigenvalue weighted by atomic mass is 10.1. The Morgan fingerprint density at radius 1 is 1.14 bits per heavy atom. The number of nitrogen functional groups attached to an aromatic ring is 1. The number of nitrogens with one attached hydrogen (secondary N) is 1. The van der Waals surface area contributed by atoms with E-state index in [4.69, 9.17) is 11.1 Å². The lowest BCUT2D eigenvalue weighted by Crippen LogP contribution is -2.50. The number of amidine groups is 1. The molecule has 0 amide bonds. The van der Waals surface area contributed by atoms with Crippen LogP contribution in [0.1, 0.15) is 31.2 Å². The molecular formula is C16H23FN4. The van der Waals surface area contributed by atoms with Crippen LogP contribution in [0.5, 0.6) is 0 Å². The molecule has 1 aromatic rings. The molecule has 0 aromatic heterocycles. The zero-order valence-corrected chi connectivity index (χ0v) is 12.3. The SMILES string of the molecule is N=C(N)c1c(F)cccc1N1CCN(C2CCCC2)CC1. The summed E-state index contributed by atoms with van der Waals surface area (Å²) in [6.45, 7) is 3.78. The molecule has 1 saturated carbocycles. The Morgan fingerprint density at radius 3 is 2.43 bits per heavy atom. The number of piperazine rings is 1. The monoisotopic (exact) mass is 290 g/mol. The Kier molecular flexibility index (Phi) is 4.10. The van der Waals surface area contributed by atoms with Crippen LogP contribution >= 0.6 is 0 Å². The van der Waals surface area contributed by atoms with Gasteiger partial charge in [-0.3, -0.25) is 10.3 Å². The van der Waals surface area contributed by atoms with E-state index in [9.17, 15) is 4.39 Å². The number of hydrogen-bond acceptors (Lipinski definition) is 3. The number of benzene rings is 1. The second-order valence-corrected chi connectivity index (χ2v) is 6.01. The summed E-state index contributed by atoms with van der Waals surface area (Å²) in [4.78, 5) is 4.72. The first kappa shape index (κ1) is 14.3. The third kappa shape index (κ3) is 2.88. The van der Waals surface area contributed by atoms with Gasteiger partial charge in [0.2, 0.25) is 0 Å². The van der Waals surface area contributed by atoms with Gasteiger partial charge in [-0.15, -0.1) is 0 Å². The van der Waals surface area contributed by atoms with Crippen molar-refractivity contribution < 1.29 is 4.39 Å². The van der Waals surface area contributed by atoms with Crippen molar-refractivity contribution in [2.45, 2.75) is 31.7 Å². The quantitative estimate of drug-likeness (QED) is 0.662. The molecule has 2 fully saturated rings. The zero-order chi connectivity index (χ0) is 14.8. The fraction of sp³-hybridized carbons (Fsp3) is 0.562. The first-order valence-electron chi connectivity index (χ1n) is 7.78. The molecule has 4 nitrogen and oxygen atoms in total. The molecule has 0 unspecified atom stereocenters. The summed E-state index contributed by atoms with van der Waals surface area (Å²) in [5.74, 6) is -0.598. The average Bonchev–Trinajstić information content (AvgIpc) is 3.01. The molecule has 0 radical (unpaired) electrons. The van der Waals surface area contributed by atoms with Crippen LogP contribution in [0.15, 0.2) is 18.2 Å². The number of hydrogen-bond donors (Lipinski definition) is 2. The van der Waals surface area contributed by atoms with Crippen molar-refractivity contribution >= 4 is 11.5 Å². The third-order valence-electron chi connectivity index (χ3n) is 4.76. The number of nitrogens with two attached hydrogens (primary N) is 1. The number of anilines is 1. The van der Waals surface area contributed by atoms with Crippen molar-refractivity contribution in [1.29, 1.82) is 5.41 Å². The molecule has 21 heavy (non-hydrogen) atoms. The Bertz CT molecular complexity index is 517. The minimum absolute atomic E-state index is 0.193. The summed E-state index contributed by atoms with van der Waals surface area (Å²) in [6.07, 6.45) is 5.34. The summed E-state index contributed by atoms with van der Waals surface area (Å²) in [5.41, 5.74) is 6.56. The van der Waals surface area contributed by atoms with Gasteiger partial charge >= 0.3 is 0 Å². The van der Waals surface area contributed by atoms with Crippen LogP contribution in [0.4, 0.5) is 10.1 Å². The van der Waals surface area contributed by atoms with Gasteiger partial charge in [0, 0.05) is 32.2 Å². The average molecular weight is 290 g/mol. The molecule has 0 atom stereocenters. The molecule has 1 saturated heterocycles. The fourth-order valence-electron chi connectivity index (χ4n) is 3.64. The van der Waals surface area contributed by atoms with E-state index in [-0.39, 0.29) is 11.4 Å². The Balaban J connectivity index is 1.72. The minimum atomic E-state index is -0.404. The van der Waals surface area contributed by atoms with Crippen LogP contribution in [0, 0.1) is 11.2 Å². The summed E-state index contributed by atoms with van der Waals surface area (Å²) in [6, 6.07) is 5.67. The highest BCUT2D eigenvalue weighted by Gasteiger charge is 2.27. The van der Waals surface area contributed by atoms with Crippen molar-refractivity contribution in [3.05, 3.63) is 29.6 Å². The highest BCUT2D eigenvalue weighted by Crippen LogP contribution is 2.27. The predicted molar refractivity (Wildman–Crippen MR) is 83.5 cm³/mol. The highest BCUT2D eigenvalue weighted by molar-refractivity contribution is 6.00. The third-order valence-corrected chi connectivity index (χ3v) is 4.76. The Hall–Kier alpha value is -1.62. The van der Waals surface area contributed by atoms with Crippen molar-refractivity contribution in [2.24, 2.45) is 5.73 Å². The molecule has 0 spiro atoms. The molecule has 0 bridgehead atoms. The van der Waals surface area contributed by atoms with Crippen molar-refractivity contribution in [3.63, 3.8) is 0 Å². The molecule has 1 aliphatic heterocycles. The lowest BCUT2D eigenvalue weighted by Gasteiger charge is -2.39. The predicted octanol–water partition coefficient (Wildman–Crippen LogP) is 2.17. The Labute approximate surface area is 125 Å². The summed E-state index contributed by atoms with van der Waals surface area (Å²) in [5, 5.41) is 7.61. The molecule has 1 aliphatic carbocycles. The highest BCUT2D eigenvalue weighted by atomic mass is 19.1. The second-order valence-electron chi connectivity index (χ2n) is 6.01. The number of rotatable bonds is 3. The van der Waals surface area contributed by atoms with Crippen LogP contribution < -0.4 is 10.6 Å². The molecule has 3 rings (SSSR count). The van der Waals surface area contributed by atoms with Gasteiger partial charge < -0.3 is 10.6 Å². The van der Waals surface area contributed by atoms with Gasteiger partial charge in [0.05, 0.1) is 11.3 Å². The second kappa shape index (κ2) is 6.02. The van der Waals surface area contributed by atoms with Gasteiger partial charge in [-0.2, -0.15) is 0 Å². The van der Waals surface area contributed by atoms with Gasteiger partial charge in [0.1, 0.15) is 11.7 Å². The standard InChI is InChI=1S/C16H23FN4/c17-13-6-3-7-14(15(13)16(18)19)21-10-8-20(9-11-21)12-4-1-2-5-12/h3,6-7,12H,1-2,4-5,8-11H2,(H3,18,19). The minimum Gasteiger partial charge on any atom is -0.384 e. The van der Waals surface area contributed by atoms with E-state index < -0.39 is 5.82 Å². The van der Waals surface area contributed by atoms with Gasteiger partial charge in [-0.25, -0.2) is 4.39 Å². The van der Waals surface area contributed by atoms with Crippen LogP contribution in [-0.2, 0) is 0 Å². The molecule has 3 N–H and O–H groups in total. The van der Waals surface area contributed by atoms with Crippen LogP contribution in [0.3, 0.4) is 0 Å². The van der Waals surface area contributed by atoms with Crippen molar-refractivity contribution in [1.82, 2.24) is 4.90 Å². The smallest absolute Gasteiger partial charge is 0.136 e. The molecule has 2 aliphatic rings. The first-order chi connectivity index (χ1) is 10.2. The van der Waals surface area contributed by atoms with Crippen LogP contribution in [0.25, 0.3) is 0 Å². The molecule has 5 heteroatoms. The van der Waals surface area contributed by atoms with Crippen LogP contribution in [-0.4, -0.2) is 43.0 Å². The number of halogens is 1. The van der Waals surface area contributed by atoms with E-state index >= 15 is 0 Å². The zero-order valence-electron chi connectivity index (χ0n) is 12.3. The Morgan fingerprint density at radius 2 is 1.81 bits per heavy atom. The molecular weight excluding hydrogens is 267 g/mol. The van der Waals surface area contributed by atoms with E-state index in [2.05, 4.69) is 9.80 Å². The topological polar surface area (TPSA) is 56.4 Å². The van der Waals surface area contributed by atoms with Gasteiger partial charge in [-0.05, 0) is 25.0 Å². The van der Waals surface area contributed by atoms with Gasteiger partial charge in [0.25, 0.3) is 0 Å². The lowest BCUT2D eigenvalue weighted by molar-refractivity contribution is 0.187. The maximum Gasteiger partial charge on any atom is 0.136 e. The molecule has 1 heterocycles. The van der Waals surface area contributed by atoms with Gasteiger partial charge in [-0.1, -0.05) is 18.9 Å². The summed E-state index contributed by atoms with van der Waals surface area (Å²) >= 11 is 0. The maximum atomic E-state index is 13.9. The van der Waals surface area contributed by atoms with E-state index in [0.29, 0.717) is 0 Å².